The van der Waals surface area contributed by atoms with Gasteiger partial charge in [-0.1, -0.05) is 18.2 Å². The molecule has 1 aromatic heterocycles. The number of carbonyl (C=O) groups is 4. The molecule has 2 aliphatic rings. The van der Waals surface area contributed by atoms with Gasteiger partial charge in [0.2, 0.25) is 17.7 Å². The molecule has 0 bridgehead atoms. The van der Waals surface area contributed by atoms with Crippen LogP contribution in [0.4, 0.5) is 0 Å². The fraction of sp³-hybridized carbons (Fsp3) is 0.364. The van der Waals surface area contributed by atoms with Crippen LogP contribution in [0.25, 0.3) is 10.9 Å². The summed E-state index contributed by atoms with van der Waals surface area (Å²) in [6.45, 7) is 0. The van der Waals surface area contributed by atoms with Crippen molar-refractivity contribution in [1.29, 1.82) is 0 Å². The maximum absolute atomic E-state index is 13.0. The van der Waals surface area contributed by atoms with Crippen molar-refractivity contribution in [2.45, 2.75) is 49.9 Å². The summed E-state index contributed by atoms with van der Waals surface area (Å²) in [7, 11) is 0. The number of H-pyrrole nitrogens is 1. The summed E-state index contributed by atoms with van der Waals surface area (Å²) in [5.74, 6) is -1.12. The first-order valence-electron chi connectivity index (χ1n) is 10.5. The molecule has 1 saturated heterocycles. The van der Waals surface area contributed by atoms with E-state index in [0.717, 1.165) is 16.5 Å². The molecule has 0 radical (unpaired) electrons. The Morgan fingerprint density at radius 2 is 2.09 bits per heavy atom. The largest absolute Gasteiger partial charge is 0.361 e. The van der Waals surface area contributed by atoms with Gasteiger partial charge >= 0.3 is 0 Å². The van der Waals surface area contributed by atoms with Crippen LogP contribution in [0.5, 0.6) is 0 Å². The molecule has 1 aromatic carbocycles. The van der Waals surface area contributed by atoms with Gasteiger partial charge in [-0.3, -0.25) is 19.4 Å². The third-order valence-corrected chi connectivity index (χ3v) is 5.61. The monoisotopic (exact) mass is 436 g/mol. The van der Waals surface area contributed by atoms with Crippen molar-refractivity contribution in [3.05, 3.63) is 36.0 Å². The number of para-hydroxylation sites is 1. The summed E-state index contributed by atoms with van der Waals surface area (Å²) in [6.07, 6.45) is 6.63. The number of benzene rings is 1. The first kappa shape index (κ1) is 21.4. The molecular formula is C22H24N6O4. The van der Waals surface area contributed by atoms with E-state index in [9.17, 15) is 19.2 Å². The second kappa shape index (κ2) is 9.54. The first-order valence-corrected chi connectivity index (χ1v) is 10.5. The molecule has 3 amide bonds. The molecule has 2 aromatic rings. The van der Waals surface area contributed by atoms with E-state index in [0.29, 0.717) is 19.1 Å². The molecule has 4 atom stereocenters. The van der Waals surface area contributed by atoms with Crippen molar-refractivity contribution in [2.75, 3.05) is 0 Å². The van der Waals surface area contributed by atoms with Gasteiger partial charge in [0.15, 0.2) is 0 Å². The molecule has 0 spiro atoms. The lowest BCUT2D eigenvalue weighted by Crippen LogP contribution is -2.54. The Hall–Kier alpha value is -3.82. The molecule has 4 N–H and O–H groups in total. The van der Waals surface area contributed by atoms with Crippen molar-refractivity contribution in [3.8, 4) is 0 Å². The summed E-state index contributed by atoms with van der Waals surface area (Å²) in [6, 6.07) is 4.97. The van der Waals surface area contributed by atoms with Gasteiger partial charge in [0, 0.05) is 42.6 Å². The Morgan fingerprint density at radius 3 is 2.81 bits per heavy atom. The highest BCUT2D eigenvalue weighted by Gasteiger charge is 2.32. The zero-order valence-electron chi connectivity index (χ0n) is 17.3. The van der Waals surface area contributed by atoms with E-state index in [4.69, 9.17) is 0 Å². The molecule has 10 heteroatoms. The number of rotatable bonds is 9. The molecule has 1 unspecified atom stereocenters. The van der Waals surface area contributed by atoms with E-state index in [1.807, 2.05) is 30.5 Å². The van der Waals surface area contributed by atoms with Crippen LogP contribution in [0.1, 0.15) is 24.8 Å². The molecular weight excluding hydrogens is 412 g/mol. The molecule has 4 rings (SSSR count). The number of hydrogen-bond acceptors (Lipinski definition) is 6. The van der Waals surface area contributed by atoms with Gasteiger partial charge in [-0.2, -0.15) is 0 Å². The lowest BCUT2D eigenvalue weighted by Gasteiger charge is -2.23. The highest BCUT2D eigenvalue weighted by atomic mass is 16.2. The molecule has 166 valence electrons. The van der Waals surface area contributed by atoms with Crippen LogP contribution >= 0.6 is 0 Å². The minimum absolute atomic E-state index is 0.191. The van der Waals surface area contributed by atoms with Crippen LogP contribution in [0.2, 0.25) is 0 Å². The molecule has 0 aliphatic carbocycles. The topological polar surface area (TPSA) is 145 Å². The highest BCUT2D eigenvalue weighted by Crippen LogP contribution is 2.19. The van der Waals surface area contributed by atoms with Gasteiger partial charge in [-0.05, 0) is 18.1 Å². The predicted molar refractivity (Wildman–Crippen MR) is 118 cm³/mol. The Bertz CT molecular complexity index is 1080. The van der Waals surface area contributed by atoms with Crippen LogP contribution in [-0.4, -0.2) is 65.7 Å². The van der Waals surface area contributed by atoms with Crippen molar-refractivity contribution in [1.82, 2.24) is 20.9 Å². The van der Waals surface area contributed by atoms with Crippen LogP contribution in [-0.2, 0) is 25.6 Å². The normalized spacial score (nSPS) is 21.3. The smallest absolute Gasteiger partial charge is 0.243 e. The van der Waals surface area contributed by atoms with Crippen LogP contribution in [0.15, 0.2) is 40.4 Å². The fourth-order valence-electron chi connectivity index (χ4n) is 3.93. The van der Waals surface area contributed by atoms with Crippen molar-refractivity contribution < 1.29 is 19.2 Å². The average molecular weight is 436 g/mol. The second-order valence-corrected chi connectivity index (χ2v) is 7.90. The Kier molecular flexibility index (Phi) is 6.39. The number of hydrogen-bond donors (Lipinski definition) is 4. The third kappa shape index (κ3) is 4.90. The summed E-state index contributed by atoms with van der Waals surface area (Å²) >= 11 is 0. The molecule has 0 saturated carbocycles. The standard InChI is InChI=1S/C22H24N6O4/c29-11-15(7-13-9-24-17-4-2-1-3-16(13)17)26-22(32)19(8-14-10-23-12-25-14)28-21(31)18-5-6-20(30)27-18/h1-4,9-12,14-15,18-19,24H,5-8H2,(H,26,32)(H,27,30)(H,28,31)/t14?,15-,18-,19-/m0/s1. The lowest BCUT2D eigenvalue weighted by molar-refractivity contribution is -0.131. The maximum Gasteiger partial charge on any atom is 0.243 e. The van der Waals surface area contributed by atoms with E-state index < -0.39 is 29.9 Å². The Labute approximate surface area is 184 Å². The van der Waals surface area contributed by atoms with E-state index in [2.05, 4.69) is 30.9 Å². The van der Waals surface area contributed by atoms with Crippen LogP contribution < -0.4 is 16.0 Å². The number of nitrogens with zero attached hydrogens (tertiary/aromatic N) is 2. The van der Waals surface area contributed by atoms with Crippen LogP contribution in [0.3, 0.4) is 0 Å². The van der Waals surface area contributed by atoms with Crippen LogP contribution in [0, 0.1) is 0 Å². The van der Waals surface area contributed by atoms with Gasteiger partial charge in [0.25, 0.3) is 0 Å². The number of amides is 3. The third-order valence-electron chi connectivity index (χ3n) is 5.61. The summed E-state index contributed by atoms with van der Waals surface area (Å²) < 4.78 is 0. The number of aldehydes is 1. The summed E-state index contributed by atoms with van der Waals surface area (Å²) in [5.41, 5.74) is 1.85. The number of nitrogens with one attached hydrogen (secondary N) is 4. The Morgan fingerprint density at radius 1 is 1.25 bits per heavy atom. The van der Waals surface area contributed by atoms with E-state index >= 15 is 0 Å². The molecule has 3 heterocycles. The van der Waals surface area contributed by atoms with Crippen molar-refractivity contribution >= 4 is 47.5 Å². The number of aromatic amines is 1. The fourth-order valence-corrected chi connectivity index (χ4v) is 3.93. The number of aliphatic imine (C=N–C) groups is 2. The predicted octanol–water partition coefficient (Wildman–Crippen LogP) is 0.0289. The van der Waals surface area contributed by atoms with Gasteiger partial charge < -0.3 is 25.7 Å². The highest BCUT2D eigenvalue weighted by molar-refractivity contribution is 5.95. The first-order chi connectivity index (χ1) is 15.5. The van der Waals surface area contributed by atoms with Gasteiger partial charge in [0.05, 0.1) is 12.1 Å². The van der Waals surface area contributed by atoms with Crippen molar-refractivity contribution in [2.24, 2.45) is 9.98 Å². The van der Waals surface area contributed by atoms with E-state index in [1.165, 1.54) is 6.34 Å². The lowest BCUT2D eigenvalue weighted by atomic mass is 10.0. The average Bonchev–Trinajstić information content (AvgIpc) is 3.54. The van der Waals surface area contributed by atoms with Gasteiger partial charge in [-0.15, -0.1) is 0 Å². The summed E-state index contributed by atoms with van der Waals surface area (Å²) in [4.78, 5) is 60.0. The number of carbonyl (C=O) groups excluding carboxylic acids is 4. The second-order valence-electron chi connectivity index (χ2n) is 7.90. The summed E-state index contributed by atoms with van der Waals surface area (Å²) in [5, 5.41) is 9.00. The van der Waals surface area contributed by atoms with E-state index in [-0.39, 0.29) is 24.8 Å². The molecule has 32 heavy (non-hydrogen) atoms. The quantitative estimate of drug-likeness (QED) is 0.411. The molecule has 2 aliphatic heterocycles. The molecule has 1 fully saturated rings. The maximum atomic E-state index is 13.0. The van der Waals surface area contributed by atoms with E-state index in [1.54, 1.807) is 6.21 Å². The SMILES string of the molecule is O=C[C@H](Cc1c[nH]c2ccccc12)NC(=O)[C@H](CC1C=NC=N1)NC(=O)[C@@H]1CCC(=O)N1. The minimum atomic E-state index is -0.933. The van der Waals surface area contributed by atoms with Gasteiger partial charge in [0.1, 0.15) is 24.7 Å². The van der Waals surface area contributed by atoms with Gasteiger partial charge in [-0.25, -0.2) is 4.99 Å². The molecule has 10 nitrogen and oxygen atoms in total. The minimum Gasteiger partial charge on any atom is -0.361 e. The number of fused-ring (bicyclic) bond motifs is 1. The number of aromatic nitrogens is 1. The zero-order chi connectivity index (χ0) is 22.5. The van der Waals surface area contributed by atoms with Crippen molar-refractivity contribution in [3.63, 3.8) is 0 Å². The zero-order valence-corrected chi connectivity index (χ0v) is 17.3. The Balaban J connectivity index is 1.44.